The molecule has 90 valence electrons. The summed E-state index contributed by atoms with van der Waals surface area (Å²) in [5, 5.41) is 0. The van der Waals surface area contributed by atoms with Gasteiger partial charge in [-0.2, -0.15) is 0 Å². The Balaban J connectivity index is 2.10. The maximum atomic E-state index is 5.73. The molecule has 1 aromatic rings. The molecule has 0 spiro atoms. The van der Waals surface area contributed by atoms with Crippen LogP contribution >= 0.6 is 0 Å². The maximum absolute atomic E-state index is 5.73. The number of hydrogen-bond donors (Lipinski definition) is 1. The molecule has 0 heterocycles. The summed E-state index contributed by atoms with van der Waals surface area (Å²) in [6.07, 6.45) is 0. The molecule has 16 heavy (non-hydrogen) atoms. The van der Waals surface area contributed by atoms with E-state index in [0.29, 0.717) is 18.9 Å². The summed E-state index contributed by atoms with van der Waals surface area (Å²) in [5.74, 6) is 0.721. The van der Waals surface area contributed by atoms with Crippen LogP contribution in [-0.2, 0) is 4.74 Å². The zero-order valence-corrected chi connectivity index (χ0v) is 9.98. The van der Waals surface area contributed by atoms with Crippen LogP contribution in [0.15, 0.2) is 24.3 Å². The normalized spacial score (nSPS) is 10.7. The van der Waals surface area contributed by atoms with E-state index in [4.69, 9.17) is 15.2 Å². The number of rotatable bonds is 7. The van der Waals surface area contributed by atoms with Crippen molar-refractivity contribution in [1.82, 2.24) is 4.90 Å². The van der Waals surface area contributed by atoms with Gasteiger partial charge in [0.05, 0.1) is 18.9 Å². The summed E-state index contributed by atoms with van der Waals surface area (Å²) in [6, 6.07) is 7.46. The van der Waals surface area contributed by atoms with Gasteiger partial charge in [0.15, 0.2) is 0 Å². The van der Waals surface area contributed by atoms with Gasteiger partial charge in [0.2, 0.25) is 0 Å². The molecule has 1 rings (SSSR count). The molecule has 0 amide bonds. The van der Waals surface area contributed by atoms with E-state index in [-0.39, 0.29) is 0 Å². The number of nitrogens with zero attached hydrogens (tertiary/aromatic N) is 1. The number of para-hydroxylation sites is 2. The molecule has 0 saturated carbocycles. The van der Waals surface area contributed by atoms with Gasteiger partial charge in [-0.15, -0.1) is 0 Å². The molecule has 0 aromatic heterocycles. The summed E-state index contributed by atoms with van der Waals surface area (Å²) in [7, 11) is 4.04. The fourth-order valence-electron chi connectivity index (χ4n) is 1.17. The third-order valence-corrected chi connectivity index (χ3v) is 2.09. The molecule has 0 aliphatic heterocycles. The van der Waals surface area contributed by atoms with Gasteiger partial charge in [-0.3, -0.25) is 0 Å². The Hall–Kier alpha value is -1.26. The van der Waals surface area contributed by atoms with Crippen LogP contribution in [0, 0.1) is 0 Å². The van der Waals surface area contributed by atoms with Crippen LogP contribution in [0.3, 0.4) is 0 Å². The Kier molecular flexibility index (Phi) is 5.67. The van der Waals surface area contributed by atoms with Crippen molar-refractivity contribution in [1.29, 1.82) is 0 Å². The topological polar surface area (TPSA) is 47.7 Å². The van der Waals surface area contributed by atoms with Crippen LogP contribution in [0.4, 0.5) is 5.69 Å². The predicted molar refractivity (Wildman–Crippen MR) is 65.7 cm³/mol. The number of anilines is 1. The van der Waals surface area contributed by atoms with Crippen molar-refractivity contribution in [3.8, 4) is 5.75 Å². The van der Waals surface area contributed by atoms with Crippen LogP contribution in [0.25, 0.3) is 0 Å². The van der Waals surface area contributed by atoms with Crippen molar-refractivity contribution in [3.63, 3.8) is 0 Å². The predicted octanol–water partition coefficient (Wildman–Crippen LogP) is 1.23. The van der Waals surface area contributed by atoms with Crippen molar-refractivity contribution in [2.24, 2.45) is 0 Å². The molecule has 4 heteroatoms. The lowest BCUT2D eigenvalue weighted by Gasteiger charge is -2.11. The number of nitrogens with two attached hydrogens (primary N) is 1. The fraction of sp³-hybridized carbons (Fsp3) is 0.500. The van der Waals surface area contributed by atoms with Gasteiger partial charge in [-0.05, 0) is 26.2 Å². The molecular formula is C12H20N2O2. The van der Waals surface area contributed by atoms with Crippen LogP contribution in [-0.4, -0.2) is 45.4 Å². The molecular weight excluding hydrogens is 204 g/mol. The summed E-state index contributed by atoms with van der Waals surface area (Å²) in [4.78, 5) is 2.08. The minimum Gasteiger partial charge on any atom is -0.489 e. The van der Waals surface area contributed by atoms with E-state index in [9.17, 15) is 0 Å². The SMILES string of the molecule is CN(C)CCOCCOc1ccccc1N. The van der Waals surface area contributed by atoms with Crippen LogP contribution in [0.2, 0.25) is 0 Å². The van der Waals surface area contributed by atoms with Gasteiger partial charge >= 0.3 is 0 Å². The van der Waals surface area contributed by atoms with Gasteiger partial charge in [0.25, 0.3) is 0 Å². The number of benzene rings is 1. The Labute approximate surface area is 96.9 Å². The lowest BCUT2D eigenvalue weighted by molar-refractivity contribution is 0.0892. The average Bonchev–Trinajstić information content (AvgIpc) is 2.25. The van der Waals surface area contributed by atoms with Crippen LogP contribution < -0.4 is 10.5 Å². The van der Waals surface area contributed by atoms with Gasteiger partial charge in [0, 0.05) is 6.54 Å². The summed E-state index contributed by atoms with van der Waals surface area (Å²) in [6.45, 7) is 2.76. The van der Waals surface area contributed by atoms with Crippen molar-refractivity contribution in [3.05, 3.63) is 24.3 Å². The first-order valence-corrected chi connectivity index (χ1v) is 5.40. The lowest BCUT2D eigenvalue weighted by Crippen LogP contribution is -2.19. The van der Waals surface area contributed by atoms with E-state index in [0.717, 1.165) is 18.9 Å². The van der Waals surface area contributed by atoms with Crippen molar-refractivity contribution in [2.75, 3.05) is 46.2 Å². The Morgan fingerprint density at radius 2 is 1.88 bits per heavy atom. The zero-order valence-electron chi connectivity index (χ0n) is 9.98. The summed E-state index contributed by atoms with van der Waals surface area (Å²) < 4.78 is 10.9. The largest absolute Gasteiger partial charge is 0.489 e. The standard InChI is InChI=1S/C12H20N2O2/c1-14(2)7-8-15-9-10-16-12-6-4-3-5-11(12)13/h3-6H,7-10,13H2,1-2H3. The summed E-state index contributed by atoms with van der Waals surface area (Å²) in [5.41, 5.74) is 6.39. The molecule has 0 fully saturated rings. The smallest absolute Gasteiger partial charge is 0.142 e. The maximum Gasteiger partial charge on any atom is 0.142 e. The number of ether oxygens (including phenoxy) is 2. The number of hydrogen-bond acceptors (Lipinski definition) is 4. The second-order valence-corrected chi connectivity index (χ2v) is 3.80. The molecule has 0 aliphatic carbocycles. The lowest BCUT2D eigenvalue weighted by atomic mass is 10.3. The zero-order chi connectivity index (χ0) is 11.8. The first kappa shape index (κ1) is 12.8. The van der Waals surface area contributed by atoms with Gasteiger partial charge < -0.3 is 20.1 Å². The molecule has 0 saturated heterocycles. The molecule has 0 atom stereocenters. The second-order valence-electron chi connectivity index (χ2n) is 3.80. The molecule has 0 aliphatic rings. The van der Waals surface area contributed by atoms with Crippen LogP contribution in [0.1, 0.15) is 0 Å². The number of nitrogen functional groups attached to an aromatic ring is 1. The highest BCUT2D eigenvalue weighted by Gasteiger charge is 1.97. The first-order chi connectivity index (χ1) is 7.70. The van der Waals surface area contributed by atoms with E-state index >= 15 is 0 Å². The van der Waals surface area contributed by atoms with E-state index < -0.39 is 0 Å². The molecule has 0 bridgehead atoms. The Bertz CT molecular complexity index is 303. The highest BCUT2D eigenvalue weighted by atomic mass is 16.5. The fourth-order valence-corrected chi connectivity index (χ4v) is 1.17. The molecule has 4 nitrogen and oxygen atoms in total. The van der Waals surface area contributed by atoms with Gasteiger partial charge in [-0.25, -0.2) is 0 Å². The monoisotopic (exact) mass is 224 g/mol. The van der Waals surface area contributed by atoms with Crippen molar-refractivity contribution < 1.29 is 9.47 Å². The number of likely N-dealkylation sites (N-methyl/N-ethyl adjacent to an activating group) is 1. The highest BCUT2D eigenvalue weighted by Crippen LogP contribution is 2.19. The molecule has 2 N–H and O–H groups in total. The van der Waals surface area contributed by atoms with E-state index in [1.807, 2.05) is 38.4 Å². The Morgan fingerprint density at radius 1 is 1.12 bits per heavy atom. The van der Waals surface area contributed by atoms with Crippen molar-refractivity contribution >= 4 is 5.69 Å². The second kappa shape index (κ2) is 7.09. The van der Waals surface area contributed by atoms with Crippen LogP contribution in [0.5, 0.6) is 5.75 Å². The minimum atomic E-state index is 0.529. The summed E-state index contributed by atoms with van der Waals surface area (Å²) >= 11 is 0. The minimum absolute atomic E-state index is 0.529. The third-order valence-electron chi connectivity index (χ3n) is 2.09. The van der Waals surface area contributed by atoms with Gasteiger partial charge in [0.1, 0.15) is 12.4 Å². The van der Waals surface area contributed by atoms with Gasteiger partial charge in [-0.1, -0.05) is 12.1 Å². The first-order valence-electron chi connectivity index (χ1n) is 5.40. The highest BCUT2D eigenvalue weighted by molar-refractivity contribution is 5.51. The van der Waals surface area contributed by atoms with E-state index in [2.05, 4.69) is 4.90 Å². The quantitative estimate of drug-likeness (QED) is 0.559. The van der Waals surface area contributed by atoms with Crippen molar-refractivity contribution in [2.45, 2.75) is 0 Å². The Morgan fingerprint density at radius 3 is 2.56 bits per heavy atom. The van der Waals surface area contributed by atoms with E-state index in [1.54, 1.807) is 0 Å². The average molecular weight is 224 g/mol. The molecule has 0 unspecified atom stereocenters. The van der Waals surface area contributed by atoms with E-state index in [1.165, 1.54) is 0 Å². The molecule has 1 aromatic carbocycles. The molecule has 0 radical (unpaired) electrons. The third kappa shape index (κ3) is 5.00.